The van der Waals surface area contributed by atoms with Crippen molar-refractivity contribution in [3.63, 3.8) is 0 Å². The van der Waals surface area contributed by atoms with Crippen LogP contribution >= 0.6 is 0 Å². The van der Waals surface area contributed by atoms with E-state index < -0.39 is 0 Å². The number of hydrogen-bond acceptors (Lipinski definition) is 4. The van der Waals surface area contributed by atoms with Gasteiger partial charge in [-0.05, 0) is 43.7 Å². The van der Waals surface area contributed by atoms with Crippen LogP contribution in [0.5, 0.6) is 5.75 Å². The van der Waals surface area contributed by atoms with Crippen molar-refractivity contribution in [3.8, 4) is 5.75 Å². The van der Waals surface area contributed by atoms with Crippen molar-refractivity contribution < 1.29 is 9.47 Å². The van der Waals surface area contributed by atoms with E-state index >= 15 is 0 Å². The van der Waals surface area contributed by atoms with Crippen LogP contribution in [-0.4, -0.2) is 34.6 Å². The van der Waals surface area contributed by atoms with Crippen LogP contribution in [0.15, 0.2) is 30.3 Å². The van der Waals surface area contributed by atoms with Crippen molar-refractivity contribution >= 4 is 0 Å². The third-order valence-electron chi connectivity index (χ3n) is 5.51. The van der Waals surface area contributed by atoms with Crippen LogP contribution in [0.1, 0.15) is 49.7 Å². The number of nitrogens with zero attached hydrogens (tertiary/aromatic N) is 3. The molecule has 0 N–H and O–H groups in total. The number of para-hydroxylation sites is 1. The van der Waals surface area contributed by atoms with Crippen molar-refractivity contribution in [3.05, 3.63) is 42.0 Å². The van der Waals surface area contributed by atoms with E-state index in [1.165, 1.54) is 25.1 Å². The maximum absolute atomic E-state index is 5.85. The third-order valence-corrected chi connectivity index (χ3v) is 5.51. The van der Waals surface area contributed by atoms with Crippen LogP contribution in [0.2, 0.25) is 0 Å². The molecule has 2 aliphatic rings. The average molecular weight is 341 g/mol. The molecule has 1 saturated heterocycles. The second-order valence-corrected chi connectivity index (χ2v) is 7.09. The molecule has 1 atom stereocenters. The number of fused-ring (bicyclic) bond motifs is 1. The molecule has 1 aromatic carbocycles. The predicted molar refractivity (Wildman–Crippen MR) is 95.8 cm³/mol. The molecule has 5 nitrogen and oxygen atoms in total. The van der Waals surface area contributed by atoms with Gasteiger partial charge in [0.05, 0.1) is 6.61 Å². The van der Waals surface area contributed by atoms with E-state index in [0.717, 1.165) is 50.6 Å². The Morgan fingerprint density at radius 2 is 1.88 bits per heavy atom. The molecule has 134 valence electrons. The topological polar surface area (TPSA) is 49.2 Å². The van der Waals surface area contributed by atoms with Gasteiger partial charge in [-0.3, -0.25) is 0 Å². The lowest BCUT2D eigenvalue weighted by atomic mass is 9.82. The van der Waals surface area contributed by atoms with Crippen molar-refractivity contribution in [1.29, 1.82) is 0 Å². The van der Waals surface area contributed by atoms with Crippen LogP contribution < -0.4 is 4.74 Å². The highest BCUT2D eigenvalue weighted by Gasteiger charge is 2.31. The lowest BCUT2D eigenvalue weighted by Crippen LogP contribution is -2.24. The molecule has 1 fully saturated rings. The number of hydrogen-bond donors (Lipinski definition) is 0. The predicted octanol–water partition coefficient (Wildman–Crippen LogP) is 3.59. The average Bonchev–Trinajstić information content (AvgIpc) is 2.94. The molecule has 5 heteroatoms. The van der Waals surface area contributed by atoms with Gasteiger partial charge in [-0.1, -0.05) is 24.6 Å². The van der Waals surface area contributed by atoms with Gasteiger partial charge in [-0.25, -0.2) is 0 Å². The zero-order valence-electron chi connectivity index (χ0n) is 14.8. The molecule has 0 spiro atoms. The SMILES string of the molecule is c1ccc(OCCc2nnc3n2CCCC[C@H]3C2CCOCC2)cc1. The lowest BCUT2D eigenvalue weighted by molar-refractivity contribution is 0.0556. The summed E-state index contributed by atoms with van der Waals surface area (Å²) in [5.74, 6) is 4.44. The largest absolute Gasteiger partial charge is 0.493 e. The number of ether oxygens (including phenoxy) is 2. The first-order chi connectivity index (χ1) is 12.4. The van der Waals surface area contributed by atoms with E-state index in [9.17, 15) is 0 Å². The van der Waals surface area contributed by atoms with Gasteiger partial charge < -0.3 is 14.0 Å². The first-order valence-corrected chi connectivity index (χ1v) is 9.59. The quantitative estimate of drug-likeness (QED) is 0.834. The molecule has 25 heavy (non-hydrogen) atoms. The number of benzene rings is 1. The Kier molecular flexibility index (Phi) is 5.31. The minimum atomic E-state index is 0.544. The van der Waals surface area contributed by atoms with Crippen LogP contribution in [0, 0.1) is 5.92 Å². The van der Waals surface area contributed by atoms with Crippen molar-refractivity contribution in [2.75, 3.05) is 19.8 Å². The molecule has 0 amide bonds. The summed E-state index contributed by atoms with van der Waals surface area (Å²) in [7, 11) is 0. The monoisotopic (exact) mass is 341 g/mol. The fourth-order valence-corrected chi connectivity index (χ4v) is 4.16. The molecule has 2 aromatic rings. The van der Waals surface area contributed by atoms with Crippen LogP contribution in [-0.2, 0) is 17.7 Å². The molecule has 0 unspecified atom stereocenters. The van der Waals surface area contributed by atoms with E-state index in [1.54, 1.807) is 0 Å². The molecule has 4 rings (SSSR count). The summed E-state index contributed by atoms with van der Waals surface area (Å²) in [6, 6.07) is 9.98. The summed E-state index contributed by atoms with van der Waals surface area (Å²) in [6.07, 6.45) is 6.86. The molecule has 0 radical (unpaired) electrons. The second-order valence-electron chi connectivity index (χ2n) is 7.09. The number of rotatable bonds is 5. The minimum Gasteiger partial charge on any atom is -0.493 e. The first-order valence-electron chi connectivity index (χ1n) is 9.59. The third kappa shape index (κ3) is 3.87. The zero-order chi connectivity index (χ0) is 16.9. The van der Waals surface area contributed by atoms with Crippen LogP contribution in [0.4, 0.5) is 0 Å². The normalized spacial score (nSPS) is 21.5. The second kappa shape index (κ2) is 8.00. The van der Waals surface area contributed by atoms with Gasteiger partial charge >= 0.3 is 0 Å². The Morgan fingerprint density at radius 1 is 1.04 bits per heavy atom. The fourth-order valence-electron chi connectivity index (χ4n) is 4.16. The van der Waals surface area contributed by atoms with Gasteiger partial charge in [0, 0.05) is 32.1 Å². The highest BCUT2D eigenvalue weighted by atomic mass is 16.5. The van der Waals surface area contributed by atoms with Gasteiger partial charge in [-0.15, -0.1) is 10.2 Å². The lowest BCUT2D eigenvalue weighted by Gasteiger charge is -2.29. The van der Waals surface area contributed by atoms with Gasteiger partial charge in [0.1, 0.15) is 17.4 Å². The van der Waals surface area contributed by atoms with Crippen molar-refractivity contribution in [1.82, 2.24) is 14.8 Å². The summed E-state index contributed by atoms with van der Waals surface area (Å²) >= 11 is 0. The van der Waals surface area contributed by atoms with E-state index in [4.69, 9.17) is 9.47 Å². The molecule has 0 saturated carbocycles. The van der Waals surface area contributed by atoms with Gasteiger partial charge in [-0.2, -0.15) is 0 Å². The molecule has 0 bridgehead atoms. The molecule has 0 aliphatic carbocycles. The fraction of sp³-hybridized carbons (Fsp3) is 0.600. The highest BCUT2D eigenvalue weighted by molar-refractivity contribution is 5.21. The molecular weight excluding hydrogens is 314 g/mol. The van der Waals surface area contributed by atoms with E-state index in [0.29, 0.717) is 18.4 Å². The van der Waals surface area contributed by atoms with Crippen LogP contribution in [0.3, 0.4) is 0 Å². The van der Waals surface area contributed by atoms with Crippen molar-refractivity contribution in [2.24, 2.45) is 5.92 Å². The van der Waals surface area contributed by atoms with Gasteiger partial charge in [0.25, 0.3) is 0 Å². The smallest absolute Gasteiger partial charge is 0.136 e. The van der Waals surface area contributed by atoms with Gasteiger partial charge in [0.2, 0.25) is 0 Å². The molecule has 1 aromatic heterocycles. The Morgan fingerprint density at radius 3 is 2.72 bits per heavy atom. The summed E-state index contributed by atoms with van der Waals surface area (Å²) in [5, 5.41) is 9.13. The molecule has 3 heterocycles. The van der Waals surface area contributed by atoms with Crippen LogP contribution in [0.25, 0.3) is 0 Å². The zero-order valence-corrected chi connectivity index (χ0v) is 14.8. The molecule has 2 aliphatic heterocycles. The summed E-state index contributed by atoms with van der Waals surface area (Å²) in [4.78, 5) is 0. The standard InChI is InChI=1S/C20H27N3O2/c1-2-6-17(7-3-1)25-15-11-19-21-22-20-18(8-4-5-12-23(19)20)16-9-13-24-14-10-16/h1-3,6-7,16,18H,4-5,8-15H2/t18-/m0/s1. The van der Waals surface area contributed by atoms with Crippen molar-refractivity contribution in [2.45, 2.75) is 51.0 Å². The Labute approximate surface area is 149 Å². The highest BCUT2D eigenvalue weighted by Crippen LogP contribution is 2.37. The maximum Gasteiger partial charge on any atom is 0.136 e. The summed E-state index contributed by atoms with van der Waals surface area (Å²) in [6.45, 7) is 3.48. The van der Waals surface area contributed by atoms with E-state index in [-0.39, 0.29) is 0 Å². The number of aromatic nitrogens is 3. The minimum absolute atomic E-state index is 0.544. The maximum atomic E-state index is 5.85. The summed E-state index contributed by atoms with van der Waals surface area (Å²) in [5.41, 5.74) is 0. The van der Waals surface area contributed by atoms with E-state index in [2.05, 4.69) is 14.8 Å². The Bertz CT molecular complexity index is 665. The van der Waals surface area contributed by atoms with Gasteiger partial charge in [0.15, 0.2) is 0 Å². The first kappa shape index (κ1) is 16.6. The Balaban J connectivity index is 1.45. The van der Waals surface area contributed by atoms with E-state index in [1.807, 2.05) is 30.3 Å². The molecular formula is C20H27N3O2. The summed E-state index contributed by atoms with van der Waals surface area (Å²) < 4.78 is 13.8. The Hall–Kier alpha value is -1.88.